The second kappa shape index (κ2) is 4.86. The smallest absolute Gasteiger partial charge is 0.140 e. The van der Waals surface area contributed by atoms with Crippen molar-refractivity contribution in [2.75, 3.05) is 7.11 Å². The summed E-state index contributed by atoms with van der Waals surface area (Å²) in [5.41, 5.74) is 2.96. The third-order valence-corrected chi connectivity index (χ3v) is 3.32. The molecule has 4 heteroatoms. The molecule has 0 bridgehead atoms. The van der Waals surface area contributed by atoms with E-state index in [1.807, 2.05) is 42.5 Å². The van der Waals surface area contributed by atoms with Crippen molar-refractivity contribution in [2.24, 2.45) is 0 Å². The van der Waals surface area contributed by atoms with Gasteiger partial charge in [0.1, 0.15) is 17.2 Å². The van der Waals surface area contributed by atoms with Crippen molar-refractivity contribution in [3.05, 3.63) is 53.9 Å². The number of rotatable bonds is 2. The molecule has 0 saturated heterocycles. The molecule has 3 nitrogen and oxygen atoms in total. The molecule has 0 aliphatic rings. The fraction of sp³-hybridized carbons (Fsp3) is 0.0667. The number of fused-ring (bicyclic) bond motifs is 1. The number of hydrogen-bond donors (Lipinski definition) is 0. The first-order valence-corrected chi connectivity index (χ1v) is 6.21. The Morgan fingerprint density at radius 2 is 1.79 bits per heavy atom. The van der Waals surface area contributed by atoms with Crippen molar-refractivity contribution in [1.29, 1.82) is 0 Å². The van der Waals surface area contributed by atoms with E-state index in [0.717, 1.165) is 27.8 Å². The number of para-hydroxylation sites is 1. The van der Waals surface area contributed by atoms with E-state index in [1.54, 1.807) is 7.11 Å². The molecule has 0 amide bonds. The van der Waals surface area contributed by atoms with E-state index in [1.165, 1.54) is 6.33 Å². The van der Waals surface area contributed by atoms with Crippen LogP contribution in [0.4, 0.5) is 0 Å². The van der Waals surface area contributed by atoms with Crippen molar-refractivity contribution in [1.82, 2.24) is 9.97 Å². The van der Waals surface area contributed by atoms with Crippen molar-refractivity contribution in [2.45, 2.75) is 0 Å². The summed E-state index contributed by atoms with van der Waals surface area (Å²) in [5, 5.41) is 1.33. The van der Waals surface area contributed by atoms with Gasteiger partial charge in [0.05, 0.1) is 12.6 Å². The lowest BCUT2D eigenvalue weighted by molar-refractivity contribution is 0.415. The molecule has 3 rings (SSSR count). The Morgan fingerprint density at radius 3 is 2.53 bits per heavy atom. The van der Waals surface area contributed by atoms with Crippen LogP contribution in [-0.4, -0.2) is 17.1 Å². The van der Waals surface area contributed by atoms with Gasteiger partial charge in [-0.2, -0.15) is 0 Å². The molecule has 1 heterocycles. The third kappa shape index (κ3) is 2.13. The highest BCUT2D eigenvalue weighted by atomic mass is 35.5. The number of halogens is 1. The fourth-order valence-electron chi connectivity index (χ4n) is 2.06. The summed E-state index contributed by atoms with van der Waals surface area (Å²) < 4.78 is 5.16. The molecule has 1 aromatic heterocycles. The van der Waals surface area contributed by atoms with E-state index in [0.29, 0.717) is 5.15 Å². The Labute approximate surface area is 115 Å². The second-order valence-electron chi connectivity index (χ2n) is 4.09. The van der Waals surface area contributed by atoms with Gasteiger partial charge in [-0.25, -0.2) is 9.97 Å². The number of hydrogen-bond acceptors (Lipinski definition) is 3. The van der Waals surface area contributed by atoms with Crippen LogP contribution in [0.15, 0.2) is 48.8 Å². The number of benzene rings is 2. The molecule has 94 valence electrons. The summed E-state index contributed by atoms with van der Waals surface area (Å²) in [5.74, 6) is 0.830. The lowest BCUT2D eigenvalue weighted by atomic mass is 10.0. The van der Waals surface area contributed by atoms with Gasteiger partial charge in [0.2, 0.25) is 0 Å². The summed E-state index contributed by atoms with van der Waals surface area (Å²) in [7, 11) is 1.65. The summed E-state index contributed by atoms with van der Waals surface area (Å²) in [6.45, 7) is 0. The molecule has 0 aliphatic heterocycles. The van der Waals surface area contributed by atoms with Gasteiger partial charge in [-0.15, -0.1) is 0 Å². The maximum absolute atomic E-state index is 6.09. The van der Waals surface area contributed by atoms with Crippen molar-refractivity contribution in [3.8, 4) is 16.9 Å². The highest BCUT2D eigenvalue weighted by Crippen LogP contribution is 2.30. The molecule has 3 aromatic rings. The van der Waals surface area contributed by atoms with Crippen LogP contribution in [0.25, 0.3) is 22.0 Å². The zero-order valence-electron chi connectivity index (χ0n) is 10.3. The van der Waals surface area contributed by atoms with Crippen LogP contribution in [0, 0.1) is 0 Å². The molecule has 0 saturated carbocycles. The first-order chi connectivity index (χ1) is 9.29. The van der Waals surface area contributed by atoms with E-state index >= 15 is 0 Å². The molecule has 2 aromatic carbocycles. The molecule has 0 spiro atoms. The molecule has 0 N–H and O–H groups in total. The summed E-state index contributed by atoms with van der Waals surface area (Å²) >= 11 is 6.09. The number of aromatic nitrogens is 2. The minimum atomic E-state index is 0.473. The average molecular weight is 271 g/mol. The zero-order chi connectivity index (χ0) is 13.2. The lowest BCUT2D eigenvalue weighted by Crippen LogP contribution is -1.88. The van der Waals surface area contributed by atoms with E-state index < -0.39 is 0 Å². The largest absolute Gasteiger partial charge is 0.497 e. The molecule has 0 fully saturated rings. The standard InChI is InChI=1S/C15H11ClN2O/c1-19-11-7-5-10(6-8-11)12-3-2-4-13-14(12)17-9-18-15(13)16/h2-9H,1H3. The summed E-state index contributed by atoms with van der Waals surface area (Å²) in [4.78, 5) is 8.34. The van der Waals surface area contributed by atoms with Gasteiger partial charge >= 0.3 is 0 Å². The van der Waals surface area contributed by atoms with Gasteiger partial charge in [-0.1, -0.05) is 35.9 Å². The fourth-order valence-corrected chi connectivity index (χ4v) is 2.26. The maximum Gasteiger partial charge on any atom is 0.140 e. The molecule has 19 heavy (non-hydrogen) atoms. The van der Waals surface area contributed by atoms with Crippen LogP contribution in [0.5, 0.6) is 5.75 Å². The van der Waals surface area contributed by atoms with Gasteiger partial charge < -0.3 is 4.74 Å². The topological polar surface area (TPSA) is 35.0 Å². The summed E-state index contributed by atoms with van der Waals surface area (Å²) in [6, 6.07) is 13.8. The molecular weight excluding hydrogens is 260 g/mol. The van der Waals surface area contributed by atoms with Gasteiger partial charge in [-0.3, -0.25) is 0 Å². The number of ether oxygens (including phenoxy) is 1. The van der Waals surface area contributed by atoms with Crippen molar-refractivity contribution >= 4 is 22.5 Å². The van der Waals surface area contributed by atoms with Gasteiger partial charge in [0, 0.05) is 10.9 Å². The summed E-state index contributed by atoms with van der Waals surface area (Å²) in [6.07, 6.45) is 1.48. The highest BCUT2D eigenvalue weighted by Gasteiger charge is 2.07. The Morgan fingerprint density at radius 1 is 1.00 bits per heavy atom. The first kappa shape index (κ1) is 11.9. The van der Waals surface area contributed by atoms with Crippen LogP contribution in [-0.2, 0) is 0 Å². The van der Waals surface area contributed by atoms with Crippen LogP contribution in [0.3, 0.4) is 0 Å². The monoisotopic (exact) mass is 270 g/mol. The normalized spacial score (nSPS) is 10.6. The van der Waals surface area contributed by atoms with Crippen LogP contribution in [0.2, 0.25) is 5.15 Å². The molecule has 0 aliphatic carbocycles. The molecule has 0 atom stereocenters. The van der Waals surface area contributed by atoms with E-state index in [-0.39, 0.29) is 0 Å². The maximum atomic E-state index is 6.09. The Kier molecular flexibility index (Phi) is 3.05. The predicted octanol–water partition coefficient (Wildman–Crippen LogP) is 3.96. The van der Waals surface area contributed by atoms with Crippen LogP contribution in [0.1, 0.15) is 0 Å². The zero-order valence-corrected chi connectivity index (χ0v) is 11.1. The number of methoxy groups -OCH3 is 1. The van der Waals surface area contributed by atoms with Gasteiger partial charge in [0.25, 0.3) is 0 Å². The minimum Gasteiger partial charge on any atom is -0.497 e. The number of nitrogens with zero attached hydrogens (tertiary/aromatic N) is 2. The Bertz CT molecular complexity index is 726. The SMILES string of the molecule is COc1ccc(-c2cccc3c(Cl)ncnc23)cc1. The minimum absolute atomic E-state index is 0.473. The first-order valence-electron chi connectivity index (χ1n) is 5.83. The Hall–Kier alpha value is -2.13. The molecular formula is C15H11ClN2O. The Balaban J connectivity index is 2.21. The lowest BCUT2D eigenvalue weighted by Gasteiger charge is -2.07. The highest BCUT2D eigenvalue weighted by molar-refractivity contribution is 6.34. The van der Waals surface area contributed by atoms with E-state index in [4.69, 9.17) is 16.3 Å². The van der Waals surface area contributed by atoms with Crippen molar-refractivity contribution < 1.29 is 4.74 Å². The van der Waals surface area contributed by atoms with Gasteiger partial charge in [0.15, 0.2) is 0 Å². The van der Waals surface area contributed by atoms with Crippen molar-refractivity contribution in [3.63, 3.8) is 0 Å². The van der Waals surface area contributed by atoms with E-state index in [9.17, 15) is 0 Å². The predicted molar refractivity (Wildman–Crippen MR) is 76.5 cm³/mol. The van der Waals surface area contributed by atoms with Crippen LogP contribution >= 0.6 is 11.6 Å². The second-order valence-corrected chi connectivity index (χ2v) is 4.45. The van der Waals surface area contributed by atoms with Crippen LogP contribution < -0.4 is 4.74 Å². The average Bonchev–Trinajstić information content (AvgIpc) is 2.47. The molecule has 0 radical (unpaired) electrons. The molecule has 0 unspecified atom stereocenters. The van der Waals surface area contributed by atoms with E-state index in [2.05, 4.69) is 9.97 Å². The third-order valence-electron chi connectivity index (χ3n) is 3.02. The quantitative estimate of drug-likeness (QED) is 0.661. The van der Waals surface area contributed by atoms with Gasteiger partial charge in [-0.05, 0) is 23.8 Å².